The molecule has 0 spiro atoms. The van der Waals surface area contributed by atoms with Crippen molar-refractivity contribution < 1.29 is 40.2 Å². The van der Waals surface area contributed by atoms with Gasteiger partial charge in [0.1, 0.15) is 11.5 Å². The number of ether oxygens (including phenoxy) is 3. The molecule has 0 N–H and O–H groups in total. The van der Waals surface area contributed by atoms with Crippen LogP contribution >= 0.6 is 0 Å². The molecule has 0 heterocycles. The lowest BCUT2D eigenvalue weighted by Crippen LogP contribution is -2.32. The molecule has 0 aromatic heterocycles. The van der Waals surface area contributed by atoms with Crippen LogP contribution in [0.3, 0.4) is 0 Å². The zero-order valence-electron chi connectivity index (χ0n) is 19.4. The minimum atomic E-state index is -4.95. The van der Waals surface area contributed by atoms with Gasteiger partial charge in [-0.1, -0.05) is 24.3 Å². The molecule has 36 heavy (non-hydrogen) atoms. The predicted molar refractivity (Wildman–Crippen MR) is 122 cm³/mol. The summed E-state index contributed by atoms with van der Waals surface area (Å²) in [6, 6.07) is 12.8. The van der Waals surface area contributed by atoms with E-state index < -0.39 is 50.0 Å². The maximum atomic E-state index is 15.0. The normalized spacial score (nSPS) is 13.6. The van der Waals surface area contributed by atoms with Crippen molar-refractivity contribution in [3.05, 3.63) is 82.9 Å². The lowest BCUT2D eigenvalue weighted by molar-refractivity contribution is 0.259. The van der Waals surface area contributed by atoms with Crippen LogP contribution in [0.2, 0.25) is 0 Å². The van der Waals surface area contributed by atoms with E-state index in [1.165, 1.54) is 14.2 Å². The molecule has 0 atom stereocenters. The SMILES string of the molecule is COc1ccc(CN(Cc2ccc(OC)cc2)S(=O)(=O)c2c(F)c(F)c(F)c(F)c2OC2CC2)cc1. The highest BCUT2D eigenvalue weighted by molar-refractivity contribution is 7.89. The largest absolute Gasteiger partial charge is 0.497 e. The highest BCUT2D eigenvalue weighted by Crippen LogP contribution is 2.40. The van der Waals surface area contributed by atoms with E-state index in [0.717, 1.165) is 4.31 Å². The molecule has 4 rings (SSSR count). The molecule has 0 aliphatic heterocycles. The summed E-state index contributed by atoms with van der Waals surface area (Å²) in [5.41, 5.74) is 0.974. The summed E-state index contributed by atoms with van der Waals surface area (Å²) >= 11 is 0. The van der Waals surface area contributed by atoms with E-state index in [-0.39, 0.29) is 13.1 Å². The molecule has 11 heteroatoms. The average molecular weight is 526 g/mol. The fourth-order valence-corrected chi connectivity index (χ4v) is 5.09. The Morgan fingerprint density at radius 3 is 1.61 bits per heavy atom. The van der Waals surface area contributed by atoms with Gasteiger partial charge in [-0.05, 0) is 48.2 Å². The van der Waals surface area contributed by atoms with Crippen molar-refractivity contribution in [3.63, 3.8) is 0 Å². The zero-order chi connectivity index (χ0) is 26.0. The Kier molecular flexibility index (Phi) is 7.41. The van der Waals surface area contributed by atoms with Gasteiger partial charge in [0.25, 0.3) is 10.0 Å². The molecule has 0 radical (unpaired) electrons. The predicted octanol–water partition coefficient (Wildman–Crippen LogP) is 5.19. The lowest BCUT2D eigenvalue weighted by atomic mass is 10.2. The summed E-state index contributed by atoms with van der Waals surface area (Å²) in [7, 11) is -2.01. The van der Waals surface area contributed by atoms with E-state index in [1.54, 1.807) is 48.5 Å². The van der Waals surface area contributed by atoms with Crippen LogP contribution in [0.5, 0.6) is 17.2 Å². The maximum absolute atomic E-state index is 15.0. The second kappa shape index (κ2) is 10.4. The first-order valence-corrected chi connectivity index (χ1v) is 12.4. The average Bonchev–Trinajstić information content (AvgIpc) is 3.70. The topological polar surface area (TPSA) is 65.1 Å². The van der Waals surface area contributed by atoms with Crippen LogP contribution in [0.25, 0.3) is 0 Å². The molecule has 0 bridgehead atoms. The first-order valence-electron chi connectivity index (χ1n) is 10.9. The van der Waals surface area contributed by atoms with Crippen molar-refractivity contribution in [3.8, 4) is 17.2 Å². The molecule has 1 aliphatic carbocycles. The molecule has 0 saturated heterocycles. The van der Waals surface area contributed by atoms with Crippen molar-refractivity contribution in [1.82, 2.24) is 4.31 Å². The number of halogens is 4. The highest BCUT2D eigenvalue weighted by atomic mass is 32.2. The van der Waals surface area contributed by atoms with Gasteiger partial charge in [0.05, 0.1) is 20.3 Å². The molecule has 0 unspecified atom stereocenters. The quantitative estimate of drug-likeness (QED) is 0.207. The van der Waals surface area contributed by atoms with Crippen molar-refractivity contribution in [2.45, 2.75) is 36.9 Å². The zero-order valence-corrected chi connectivity index (χ0v) is 20.2. The molecule has 6 nitrogen and oxygen atoms in total. The van der Waals surface area contributed by atoms with Crippen molar-refractivity contribution in [2.24, 2.45) is 0 Å². The number of hydrogen-bond donors (Lipinski definition) is 0. The molecule has 0 amide bonds. The van der Waals surface area contributed by atoms with Crippen LogP contribution in [0.1, 0.15) is 24.0 Å². The Bertz CT molecular complexity index is 1300. The lowest BCUT2D eigenvalue weighted by Gasteiger charge is -2.25. The smallest absolute Gasteiger partial charge is 0.250 e. The Labute approximate surface area is 206 Å². The number of sulfonamides is 1. The van der Waals surface area contributed by atoms with Crippen LogP contribution in [0.15, 0.2) is 53.4 Å². The standard InChI is InChI=1S/C25H23F4NO5S/c1-33-17-7-3-15(4-8-17)13-30(14-16-5-9-18(34-2)10-6-16)36(31,32)25-23(29)21(27)20(26)22(28)24(25)35-19-11-12-19/h3-10,19H,11-14H2,1-2H3. The van der Waals surface area contributed by atoms with Gasteiger partial charge in [0, 0.05) is 13.1 Å². The molecule has 192 valence electrons. The van der Waals surface area contributed by atoms with E-state index in [0.29, 0.717) is 35.5 Å². The van der Waals surface area contributed by atoms with Crippen molar-refractivity contribution in [2.75, 3.05) is 14.2 Å². The second-order valence-corrected chi connectivity index (χ2v) is 10.1. The Balaban J connectivity index is 1.81. The Morgan fingerprint density at radius 1 is 0.750 bits per heavy atom. The van der Waals surface area contributed by atoms with Crippen LogP contribution in [0, 0.1) is 23.3 Å². The minimum absolute atomic E-state index is 0.290. The van der Waals surface area contributed by atoms with E-state index in [9.17, 15) is 21.6 Å². The minimum Gasteiger partial charge on any atom is -0.497 e. The van der Waals surface area contributed by atoms with Gasteiger partial charge >= 0.3 is 0 Å². The molecular weight excluding hydrogens is 502 g/mol. The molecule has 1 saturated carbocycles. The molecule has 3 aromatic carbocycles. The second-order valence-electron chi connectivity index (χ2n) is 8.20. The third kappa shape index (κ3) is 5.26. The van der Waals surface area contributed by atoms with Gasteiger partial charge < -0.3 is 14.2 Å². The first kappa shape index (κ1) is 25.8. The van der Waals surface area contributed by atoms with Crippen molar-refractivity contribution in [1.29, 1.82) is 0 Å². The number of nitrogens with zero attached hydrogens (tertiary/aromatic N) is 1. The third-order valence-electron chi connectivity index (χ3n) is 5.63. The van der Waals surface area contributed by atoms with Crippen molar-refractivity contribution >= 4 is 10.0 Å². The number of methoxy groups -OCH3 is 2. The molecule has 1 aliphatic rings. The van der Waals surface area contributed by atoms with E-state index >= 15 is 4.39 Å². The molecule has 3 aromatic rings. The molecular formula is C25H23F4NO5S. The first-order chi connectivity index (χ1) is 17.1. The fraction of sp³-hybridized carbons (Fsp3) is 0.280. The summed E-state index contributed by atoms with van der Waals surface area (Å²) in [5, 5.41) is 0. The van der Waals surface area contributed by atoms with Gasteiger partial charge in [0.2, 0.25) is 11.6 Å². The summed E-state index contributed by atoms with van der Waals surface area (Å²) in [4.78, 5) is -1.38. The summed E-state index contributed by atoms with van der Waals surface area (Å²) in [5.74, 6) is -8.42. The third-order valence-corrected chi connectivity index (χ3v) is 7.44. The number of benzene rings is 3. The highest BCUT2D eigenvalue weighted by Gasteiger charge is 2.40. The van der Waals surface area contributed by atoms with Crippen LogP contribution in [0.4, 0.5) is 17.6 Å². The van der Waals surface area contributed by atoms with Gasteiger partial charge in [-0.15, -0.1) is 0 Å². The van der Waals surface area contributed by atoms with E-state index in [4.69, 9.17) is 14.2 Å². The number of rotatable bonds is 10. The monoisotopic (exact) mass is 525 g/mol. The fourth-order valence-electron chi connectivity index (χ4n) is 3.50. The maximum Gasteiger partial charge on any atom is 0.250 e. The van der Waals surface area contributed by atoms with Crippen LogP contribution < -0.4 is 14.2 Å². The van der Waals surface area contributed by atoms with Gasteiger partial charge in [-0.25, -0.2) is 21.6 Å². The van der Waals surface area contributed by atoms with E-state index in [2.05, 4.69) is 0 Å². The Morgan fingerprint density at radius 2 is 1.19 bits per heavy atom. The Hall–Kier alpha value is -3.31. The van der Waals surface area contributed by atoms with Gasteiger partial charge in [0.15, 0.2) is 22.3 Å². The summed E-state index contributed by atoms with van der Waals surface area (Å²) in [6.45, 7) is -0.581. The van der Waals surface area contributed by atoms with Gasteiger partial charge in [-0.2, -0.15) is 8.70 Å². The molecule has 1 fully saturated rings. The van der Waals surface area contributed by atoms with Gasteiger partial charge in [-0.3, -0.25) is 0 Å². The number of hydrogen-bond acceptors (Lipinski definition) is 5. The summed E-state index contributed by atoms with van der Waals surface area (Å²) in [6.07, 6.45) is 0.274. The van der Waals surface area contributed by atoms with E-state index in [1.807, 2.05) is 0 Å². The van der Waals surface area contributed by atoms with Crippen LogP contribution in [-0.4, -0.2) is 33.0 Å². The summed E-state index contributed by atoms with van der Waals surface area (Å²) < 4.78 is 102. The van der Waals surface area contributed by atoms with Crippen LogP contribution in [-0.2, 0) is 23.1 Å².